The summed E-state index contributed by atoms with van der Waals surface area (Å²) in [5.74, 6) is 2.05. The van der Waals surface area contributed by atoms with Gasteiger partial charge in [-0.15, -0.1) is 0 Å². The molecule has 0 bridgehead atoms. The predicted molar refractivity (Wildman–Crippen MR) is 99.0 cm³/mol. The largest absolute Gasteiger partial charge is 0.508 e. The molecule has 2 aliphatic rings. The maximum absolute atomic E-state index is 10.1. The van der Waals surface area contributed by atoms with Gasteiger partial charge in [0.25, 0.3) is 0 Å². The molecule has 2 atom stereocenters. The zero-order valence-electron chi connectivity index (χ0n) is 14.5. The van der Waals surface area contributed by atoms with Gasteiger partial charge >= 0.3 is 0 Å². The van der Waals surface area contributed by atoms with E-state index in [0.29, 0.717) is 11.7 Å². The maximum atomic E-state index is 10.1. The number of para-hydroxylation sites is 1. The van der Waals surface area contributed by atoms with E-state index in [4.69, 9.17) is 4.42 Å². The van der Waals surface area contributed by atoms with Gasteiger partial charge in [-0.3, -0.25) is 0 Å². The number of furan rings is 1. The molecule has 25 heavy (non-hydrogen) atoms. The van der Waals surface area contributed by atoms with Crippen LogP contribution in [0.25, 0.3) is 11.0 Å². The second-order valence-corrected chi connectivity index (χ2v) is 7.80. The minimum Gasteiger partial charge on any atom is -0.508 e. The summed E-state index contributed by atoms with van der Waals surface area (Å²) in [7, 11) is 2.22. The predicted octanol–water partition coefficient (Wildman–Crippen LogP) is 4.13. The van der Waals surface area contributed by atoms with Gasteiger partial charge in [0, 0.05) is 29.3 Å². The first-order valence-corrected chi connectivity index (χ1v) is 9.13. The quantitative estimate of drug-likeness (QED) is 0.727. The molecule has 128 valence electrons. The highest BCUT2D eigenvalue weighted by Gasteiger charge is 2.48. The zero-order valence-corrected chi connectivity index (χ0v) is 14.5. The summed E-state index contributed by atoms with van der Waals surface area (Å²) in [6.07, 6.45) is 3.08. The lowest BCUT2D eigenvalue weighted by molar-refractivity contribution is 0.0944. The van der Waals surface area contributed by atoms with Crippen molar-refractivity contribution in [2.24, 2.45) is 5.92 Å². The van der Waals surface area contributed by atoms with Crippen LogP contribution in [0.5, 0.6) is 5.75 Å². The second-order valence-electron chi connectivity index (χ2n) is 7.80. The molecular formula is C22H23NO2. The van der Waals surface area contributed by atoms with E-state index < -0.39 is 0 Å². The minimum atomic E-state index is 0.0616. The molecule has 2 aromatic carbocycles. The molecule has 0 saturated carbocycles. The van der Waals surface area contributed by atoms with Crippen LogP contribution in [-0.4, -0.2) is 30.1 Å². The highest BCUT2D eigenvalue weighted by Crippen LogP contribution is 2.50. The van der Waals surface area contributed by atoms with E-state index >= 15 is 0 Å². The molecule has 3 nitrogen and oxygen atoms in total. The molecule has 0 amide bonds. The van der Waals surface area contributed by atoms with Crippen LogP contribution in [0, 0.1) is 5.92 Å². The molecule has 1 aromatic heterocycles. The molecule has 1 saturated heterocycles. The van der Waals surface area contributed by atoms with Gasteiger partial charge in [-0.1, -0.05) is 30.3 Å². The number of benzene rings is 2. The fraction of sp³-hybridized carbons (Fsp3) is 0.364. The molecule has 3 heteroatoms. The van der Waals surface area contributed by atoms with Crippen LogP contribution in [0.1, 0.15) is 23.3 Å². The third kappa shape index (κ3) is 2.22. The Balaban J connectivity index is 1.68. The van der Waals surface area contributed by atoms with Crippen LogP contribution < -0.4 is 0 Å². The van der Waals surface area contributed by atoms with E-state index in [-0.39, 0.29) is 5.41 Å². The van der Waals surface area contributed by atoms with E-state index in [9.17, 15) is 5.11 Å². The lowest BCUT2D eigenvalue weighted by Crippen LogP contribution is -2.52. The van der Waals surface area contributed by atoms with Gasteiger partial charge < -0.3 is 14.4 Å². The Morgan fingerprint density at radius 3 is 2.92 bits per heavy atom. The van der Waals surface area contributed by atoms with E-state index in [1.807, 2.05) is 18.2 Å². The van der Waals surface area contributed by atoms with Crippen molar-refractivity contribution in [1.82, 2.24) is 4.90 Å². The first-order chi connectivity index (χ1) is 12.2. The van der Waals surface area contributed by atoms with Gasteiger partial charge in [-0.2, -0.15) is 0 Å². The van der Waals surface area contributed by atoms with Gasteiger partial charge in [0.05, 0.1) is 0 Å². The number of likely N-dealkylation sites (tertiary alicyclic amines) is 1. The van der Waals surface area contributed by atoms with Crippen LogP contribution >= 0.6 is 0 Å². The molecule has 2 heterocycles. The number of hydrogen-bond donors (Lipinski definition) is 1. The first-order valence-electron chi connectivity index (χ1n) is 9.13. The molecule has 3 aromatic rings. The van der Waals surface area contributed by atoms with Crippen LogP contribution in [0.15, 0.2) is 52.9 Å². The number of rotatable bonds is 1. The summed E-state index contributed by atoms with van der Waals surface area (Å²) in [6.45, 7) is 2.18. The molecular weight excluding hydrogens is 310 g/mol. The van der Waals surface area contributed by atoms with Crippen molar-refractivity contribution in [2.75, 3.05) is 20.1 Å². The van der Waals surface area contributed by atoms with Crippen molar-refractivity contribution >= 4 is 11.0 Å². The Morgan fingerprint density at radius 1 is 1.16 bits per heavy atom. The number of aromatic hydroxyl groups is 1. The third-order valence-electron chi connectivity index (χ3n) is 6.38. The molecule has 1 fully saturated rings. The van der Waals surface area contributed by atoms with E-state index in [2.05, 4.69) is 36.2 Å². The fourth-order valence-electron chi connectivity index (χ4n) is 5.08. The van der Waals surface area contributed by atoms with E-state index in [0.717, 1.165) is 43.7 Å². The molecule has 5 rings (SSSR count). The minimum absolute atomic E-state index is 0.0616. The van der Waals surface area contributed by atoms with Crippen LogP contribution in [-0.2, 0) is 18.3 Å². The topological polar surface area (TPSA) is 36.6 Å². The van der Waals surface area contributed by atoms with Crippen LogP contribution in [0.4, 0.5) is 0 Å². The zero-order chi connectivity index (χ0) is 17.0. The smallest absolute Gasteiger partial charge is 0.134 e. The summed E-state index contributed by atoms with van der Waals surface area (Å²) in [4.78, 5) is 2.44. The van der Waals surface area contributed by atoms with Crippen molar-refractivity contribution in [3.05, 3.63) is 65.4 Å². The monoisotopic (exact) mass is 333 g/mol. The van der Waals surface area contributed by atoms with Crippen molar-refractivity contribution < 1.29 is 9.52 Å². The van der Waals surface area contributed by atoms with Gasteiger partial charge in [0.2, 0.25) is 0 Å². The number of nitrogens with zero attached hydrogens (tertiary/aromatic N) is 1. The lowest BCUT2D eigenvalue weighted by Gasteiger charge is -2.50. The Kier molecular flexibility index (Phi) is 3.23. The Morgan fingerprint density at radius 2 is 2.04 bits per heavy atom. The van der Waals surface area contributed by atoms with Gasteiger partial charge in [-0.05, 0) is 56.1 Å². The maximum Gasteiger partial charge on any atom is 0.134 e. The number of piperidine rings is 1. The molecule has 1 aliphatic heterocycles. The van der Waals surface area contributed by atoms with Crippen molar-refractivity contribution in [1.29, 1.82) is 0 Å². The van der Waals surface area contributed by atoms with Gasteiger partial charge in [0.15, 0.2) is 0 Å². The number of hydrogen-bond acceptors (Lipinski definition) is 3. The third-order valence-corrected chi connectivity index (χ3v) is 6.38. The summed E-state index contributed by atoms with van der Waals surface area (Å²) < 4.78 is 6.27. The summed E-state index contributed by atoms with van der Waals surface area (Å²) >= 11 is 0. The molecule has 1 aliphatic carbocycles. The highest BCUT2D eigenvalue weighted by atomic mass is 16.3. The molecule has 1 unspecified atom stereocenters. The fourth-order valence-corrected chi connectivity index (χ4v) is 5.08. The number of phenolic OH excluding ortho intramolecular Hbond substituents is 1. The van der Waals surface area contributed by atoms with Crippen molar-refractivity contribution in [3.8, 4) is 5.75 Å². The second kappa shape index (κ2) is 5.37. The molecule has 1 N–H and O–H groups in total. The number of fused-ring (bicyclic) bond motifs is 4. The van der Waals surface area contributed by atoms with Crippen molar-refractivity contribution in [2.45, 2.75) is 24.7 Å². The summed E-state index contributed by atoms with van der Waals surface area (Å²) in [5, 5.41) is 11.3. The SMILES string of the molecule is CN1CC[C@]2(c3cccc(O)c3)Cc3oc4ccccc4c3CC2C1. The lowest BCUT2D eigenvalue weighted by atomic mass is 9.59. The normalized spacial score (nSPS) is 26.4. The van der Waals surface area contributed by atoms with Crippen LogP contribution in [0.3, 0.4) is 0 Å². The average Bonchev–Trinajstić information content (AvgIpc) is 2.97. The van der Waals surface area contributed by atoms with Gasteiger partial charge in [0.1, 0.15) is 17.1 Å². The summed E-state index contributed by atoms with van der Waals surface area (Å²) in [5.41, 5.74) is 3.72. The van der Waals surface area contributed by atoms with E-state index in [1.54, 1.807) is 6.07 Å². The Bertz CT molecular complexity index is 944. The molecule has 0 radical (unpaired) electrons. The van der Waals surface area contributed by atoms with Crippen molar-refractivity contribution in [3.63, 3.8) is 0 Å². The number of phenols is 1. The van der Waals surface area contributed by atoms with E-state index in [1.165, 1.54) is 16.5 Å². The standard InChI is InChI=1S/C22H23NO2/c1-23-10-9-22(15-5-4-6-17(24)11-15)13-21-19(12-16(22)14-23)18-7-2-3-8-20(18)25-21/h2-8,11,16,24H,9-10,12-14H2,1H3/t16?,22-/m1/s1. The molecule has 0 spiro atoms. The Hall–Kier alpha value is -2.26. The van der Waals surface area contributed by atoms with Gasteiger partial charge in [-0.25, -0.2) is 0 Å². The summed E-state index contributed by atoms with van der Waals surface area (Å²) in [6, 6.07) is 16.3. The average molecular weight is 333 g/mol. The van der Waals surface area contributed by atoms with Crippen LogP contribution in [0.2, 0.25) is 0 Å². The highest BCUT2D eigenvalue weighted by molar-refractivity contribution is 5.82. The first kappa shape index (κ1) is 15.0. The Labute approximate surface area is 147 Å².